The number of carbonyl (C=O) groups is 1. The molecule has 1 fully saturated rings. The van der Waals surface area contributed by atoms with Gasteiger partial charge in [-0.15, -0.1) is 0 Å². The van der Waals surface area contributed by atoms with Crippen LogP contribution in [-0.2, 0) is 11.3 Å². The monoisotopic (exact) mass is 260 g/mol. The first-order valence-corrected chi connectivity index (χ1v) is 7.20. The van der Waals surface area contributed by atoms with Crippen molar-refractivity contribution in [3.05, 3.63) is 29.8 Å². The normalized spacial score (nSPS) is 15.3. The Morgan fingerprint density at radius 2 is 1.95 bits per heavy atom. The molecule has 1 aliphatic rings. The minimum Gasteiger partial charge on any atom is -0.399 e. The Morgan fingerprint density at radius 3 is 2.42 bits per heavy atom. The minimum atomic E-state index is 0.241. The fraction of sp³-hybridized carbons (Fsp3) is 0.562. The lowest BCUT2D eigenvalue weighted by atomic mass is 9.82. The molecule has 1 amide bonds. The topological polar surface area (TPSA) is 46.3 Å². The second-order valence-corrected chi connectivity index (χ2v) is 5.86. The standard InChI is InChI=1S/C16H24N2O/c1-12(2)18(16(19)10-13-4-3-5-13)11-14-6-8-15(17)9-7-14/h6-9,12-13H,3-5,10-11,17H2,1-2H3. The third-order valence-electron chi connectivity index (χ3n) is 3.96. The zero-order valence-corrected chi connectivity index (χ0v) is 11.9. The number of amides is 1. The Morgan fingerprint density at radius 1 is 1.32 bits per heavy atom. The summed E-state index contributed by atoms with van der Waals surface area (Å²) in [6.07, 6.45) is 4.45. The van der Waals surface area contributed by atoms with Gasteiger partial charge in [0.2, 0.25) is 5.91 Å². The highest BCUT2D eigenvalue weighted by Gasteiger charge is 2.25. The highest BCUT2D eigenvalue weighted by molar-refractivity contribution is 5.76. The molecule has 3 nitrogen and oxygen atoms in total. The van der Waals surface area contributed by atoms with Crippen LogP contribution in [0.2, 0.25) is 0 Å². The Balaban J connectivity index is 1.98. The Bertz CT molecular complexity index is 421. The van der Waals surface area contributed by atoms with E-state index in [0.717, 1.165) is 11.3 Å². The first kappa shape index (κ1) is 13.9. The molecule has 0 heterocycles. The van der Waals surface area contributed by atoms with Gasteiger partial charge >= 0.3 is 0 Å². The number of hydrogen-bond acceptors (Lipinski definition) is 2. The third-order valence-corrected chi connectivity index (χ3v) is 3.96. The second-order valence-electron chi connectivity index (χ2n) is 5.86. The lowest BCUT2D eigenvalue weighted by molar-refractivity contribution is -0.135. The van der Waals surface area contributed by atoms with Crippen LogP contribution in [0.4, 0.5) is 5.69 Å². The quantitative estimate of drug-likeness (QED) is 0.826. The number of nitrogens with two attached hydrogens (primary N) is 1. The maximum atomic E-state index is 12.4. The molecule has 0 saturated heterocycles. The summed E-state index contributed by atoms with van der Waals surface area (Å²) >= 11 is 0. The predicted octanol–water partition coefficient (Wildman–Crippen LogP) is 3.20. The maximum absolute atomic E-state index is 12.4. The highest BCUT2D eigenvalue weighted by atomic mass is 16.2. The predicted molar refractivity (Wildman–Crippen MR) is 78.5 cm³/mol. The van der Waals surface area contributed by atoms with Crippen LogP contribution < -0.4 is 5.73 Å². The van der Waals surface area contributed by atoms with Gasteiger partial charge in [0.25, 0.3) is 0 Å². The number of hydrogen-bond donors (Lipinski definition) is 1. The van der Waals surface area contributed by atoms with E-state index < -0.39 is 0 Å². The summed E-state index contributed by atoms with van der Waals surface area (Å²) in [5, 5.41) is 0. The summed E-state index contributed by atoms with van der Waals surface area (Å²) in [6, 6.07) is 8.03. The van der Waals surface area contributed by atoms with Crippen molar-refractivity contribution in [2.45, 2.75) is 52.1 Å². The van der Waals surface area contributed by atoms with Gasteiger partial charge in [0.15, 0.2) is 0 Å². The van der Waals surface area contributed by atoms with Crippen LogP contribution in [0.3, 0.4) is 0 Å². The Hall–Kier alpha value is -1.51. The molecular weight excluding hydrogens is 236 g/mol. The number of carbonyl (C=O) groups excluding carboxylic acids is 1. The Kier molecular flexibility index (Phi) is 4.46. The summed E-state index contributed by atoms with van der Waals surface area (Å²) in [5.41, 5.74) is 7.60. The van der Waals surface area contributed by atoms with Crippen molar-refractivity contribution in [2.24, 2.45) is 5.92 Å². The van der Waals surface area contributed by atoms with E-state index in [2.05, 4.69) is 13.8 Å². The van der Waals surface area contributed by atoms with Gasteiger partial charge in [-0.1, -0.05) is 18.6 Å². The van der Waals surface area contributed by atoms with Crippen LogP contribution in [0.25, 0.3) is 0 Å². The molecule has 0 aliphatic heterocycles. The maximum Gasteiger partial charge on any atom is 0.223 e. The summed E-state index contributed by atoms with van der Waals surface area (Å²) < 4.78 is 0. The van der Waals surface area contributed by atoms with Gasteiger partial charge in [-0.25, -0.2) is 0 Å². The molecule has 1 saturated carbocycles. The molecule has 2 rings (SSSR count). The summed E-state index contributed by atoms with van der Waals surface area (Å²) in [7, 11) is 0. The van der Waals surface area contributed by atoms with E-state index in [4.69, 9.17) is 5.73 Å². The SMILES string of the molecule is CC(C)N(Cc1ccc(N)cc1)C(=O)CC1CCC1. The molecule has 0 spiro atoms. The van der Waals surface area contributed by atoms with Crippen LogP contribution in [0, 0.1) is 5.92 Å². The van der Waals surface area contributed by atoms with Crippen LogP contribution in [0.15, 0.2) is 24.3 Å². The summed E-state index contributed by atoms with van der Waals surface area (Å²) in [5.74, 6) is 0.914. The molecule has 0 unspecified atom stereocenters. The van der Waals surface area contributed by atoms with Crippen molar-refractivity contribution in [3.63, 3.8) is 0 Å². The molecule has 3 heteroatoms. The zero-order valence-electron chi connectivity index (χ0n) is 11.9. The van der Waals surface area contributed by atoms with Crippen molar-refractivity contribution in [1.82, 2.24) is 4.90 Å². The zero-order chi connectivity index (χ0) is 13.8. The van der Waals surface area contributed by atoms with Crippen LogP contribution in [-0.4, -0.2) is 16.8 Å². The van der Waals surface area contributed by atoms with Crippen molar-refractivity contribution in [3.8, 4) is 0 Å². The van der Waals surface area contributed by atoms with E-state index in [1.165, 1.54) is 19.3 Å². The molecule has 1 aliphatic carbocycles. The van der Waals surface area contributed by atoms with Crippen molar-refractivity contribution >= 4 is 11.6 Å². The molecule has 0 bridgehead atoms. The third kappa shape index (κ3) is 3.72. The van der Waals surface area contributed by atoms with Gasteiger partial charge in [0.1, 0.15) is 0 Å². The number of nitrogen functional groups attached to an aromatic ring is 1. The number of nitrogens with zero attached hydrogens (tertiary/aromatic N) is 1. The minimum absolute atomic E-state index is 0.241. The molecule has 1 aromatic carbocycles. The first-order valence-electron chi connectivity index (χ1n) is 7.20. The van der Waals surface area contributed by atoms with E-state index >= 15 is 0 Å². The fourth-order valence-corrected chi connectivity index (χ4v) is 2.44. The summed E-state index contributed by atoms with van der Waals surface area (Å²) in [6.45, 7) is 4.84. The molecule has 2 N–H and O–H groups in total. The van der Waals surface area contributed by atoms with Crippen molar-refractivity contribution < 1.29 is 4.79 Å². The number of anilines is 1. The van der Waals surface area contributed by atoms with Crippen LogP contribution in [0.5, 0.6) is 0 Å². The lowest BCUT2D eigenvalue weighted by Gasteiger charge is -2.31. The highest BCUT2D eigenvalue weighted by Crippen LogP contribution is 2.30. The van der Waals surface area contributed by atoms with E-state index in [-0.39, 0.29) is 11.9 Å². The molecule has 0 aromatic heterocycles. The van der Waals surface area contributed by atoms with Gasteiger partial charge in [-0.2, -0.15) is 0 Å². The Labute approximate surface area is 115 Å². The molecule has 104 valence electrons. The fourth-order valence-electron chi connectivity index (χ4n) is 2.44. The number of rotatable bonds is 5. The smallest absolute Gasteiger partial charge is 0.223 e. The molecule has 1 aromatic rings. The van der Waals surface area contributed by atoms with Gasteiger partial charge in [0, 0.05) is 24.7 Å². The van der Waals surface area contributed by atoms with Crippen LogP contribution in [0.1, 0.15) is 45.1 Å². The van der Waals surface area contributed by atoms with Crippen molar-refractivity contribution in [2.75, 3.05) is 5.73 Å². The molecule has 0 atom stereocenters. The average Bonchev–Trinajstić information content (AvgIpc) is 2.32. The van der Waals surface area contributed by atoms with Gasteiger partial charge in [-0.05, 0) is 50.3 Å². The lowest BCUT2D eigenvalue weighted by Crippen LogP contribution is -2.38. The summed E-state index contributed by atoms with van der Waals surface area (Å²) in [4.78, 5) is 14.3. The largest absolute Gasteiger partial charge is 0.399 e. The molecule has 0 radical (unpaired) electrons. The number of benzene rings is 1. The van der Waals surface area contributed by atoms with E-state index in [9.17, 15) is 4.79 Å². The first-order chi connectivity index (χ1) is 9.06. The van der Waals surface area contributed by atoms with E-state index in [1.54, 1.807) is 0 Å². The van der Waals surface area contributed by atoms with Gasteiger partial charge in [0.05, 0.1) is 0 Å². The molecule has 19 heavy (non-hydrogen) atoms. The van der Waals surface area contributed by atoms with Gasteiger partial charge < -0.3 is 10.6 Å². The average molecular weight is 260 g/mol. The second kappa shape index (κ2) is 6.09. The van der Waals surface area contributed by atoms with Crippen LogP contribution >= 0.6 is 0 Å². The van der Waals surface area contributed by atoms with Gasteiger partial charge in [-0.3, -0.25) is 4.79 Å². The van der Waals surface area contributed by atoms with E-state index in [1.807, 2.05) is 29.2 Å². The molecular formula is C16H24N2O. The van der Waals surface area contributed by atoms with E-state index in [0.29, 0.717) is 18.9 Å². The van der Waals surface area contributed by atoms with Crippen molar-refractivity contribution in [1.29, 1.82) is 0 Å².